The van der Waals surface area contributed by atoms with Crippen LogP contribution in [0.1, 0.15) is 23.1 Å². The first-order chi connectivity index (χ1) is 13.1. The number of hydrogen-bond donors (Lipinski definition) is 0. The molecule has 4 rings (SSSR count). The zero-order valence-corrected chi connectivity index (χ0v) is 15.4. The van der Waals surface area contributed by atoms with Crippen LogP contribution in [0.25, 0.3) is 17.1 Å². The lowest BCUT2D eigenvalue weighted by atomic mass is 10.1. The molecule has 0 N–H and O–H groups in total. The number of rotatable bonds is 4. The van der Waals surface area contributed by atoms with E-state index in [1.54, 1.807) is 4.68 Å². The minimum Gasteiger partial charge on any atom is -0.378 e. The molecule has 0 radical (unpaired) electrons. The number of anilines is 1. The molecule has 0 bridgehead atoms. The number of hydrogen-bond acceptors (Lipinski definition) is 6. The number of ether oxygens (including phenoxy) is 1. The van der Waals surface area contributed by atoms with Crippen molar-refractivity contribution in [1.29, 1.82) is 0 Å². The topological polar surface area (TPSA) is 73.1 Å². The summed E-state index contributed by atoms with van der Waals surface area (Å²) in [4.78, 5) is 22.9. The normalized spacial score (nSPS) is 14.4. The highest BCUT2D eigenvalue weighted by atomic mass is 16.5. The average molecular weight is 363 g/mol. The zero-order chi connectivity index (χ0) is 18.8. The van der Waals surface area contributed by atoms with E-state index in [-0.39, 0.29) is 11.6 Å². The Morgan fingerprint density at radius 3 is 2.59 bits per heavy atom. The maximum absolute atomic E-state index is 11.9. The van der Waals surface area contributed by atoms with Crippen molar-refractivity contribution in [3.63, 3.8) is 0 Å². The fourth-order valence-electron chi connectivity index (χ4n) is 3.06. The first-order valence-electron chi connectivity index (χ1n) is 8.96. The van der Waals surface area contributed by atoms with Crippen molar-refractivity contribution in [3.05, 3.63) is 54.0 Å². The summed E-state index contributed by atoms with van der Waals surface area (Å²) in [5.41, 5.74) is 3.08. The highest BCUT2D eigenvalue weighted by molar-refractivity contribution is 5.90. The van der Waals surface area contributed by atoms with Crippen LogP contribution < -0.4 is 4.90 Å². The van der Waals surface area contributed by atoms with Gasteiger partial charge in [-0.1, -0.05) is 23.8 Å². The second kappa shape index (κ2) is 7.28. The van der Waals surface area contributed by atoms with Gasteiger partial charge in [-0.2, -0.15) is 5.10 Å². The maximum Gasteiger partial charge on any atom is 0.199 e. The second-order valence-corrected chi connectivity index (χ2v) is 6.58. The van der Waals surface area contributed by atoms with E-state index in [4.69, 9.17) is 4.74 Å². The van der Waals surface area contributed by atoms with Gasteiger partial charge in [-0.05, 0) is 19.1 Å². The third kappa shape index (κ3) is 3.73. The van der Waals surface area contributed by atoms with Gasteiger partial charge in [-0.15, -0.1) is 0 Å². The molecule has 27 heavy (non-hydrogen) atoms. The Kier molecular flexibility index (Phi) is 4.68. The Balaban J connectivity index is 1.72. The van der Waals surface area contributed by atoms with Crippen molar-refractivity contribution < 1.29 is 9.53 Å². The summed E-state index contributed by atoms with van der Waals surface area (Å²) in [6, 6.07) is 12.0. The lowest BCUT2D eigenvalue weighted by molar-refractivity contribution is 0.100. The smallest absolute Gasteiger partial charge is 0.199 e. The molecule has 1 saturated heterocycles. The van der Waals surface area contributed by atoms with Crippen molar-refractivity contribution >= 4 is 11.6 Å². The van der Waals surface area contributed by atoms with Gasteiger partial charge in [0.15, 0.2) is 17.4 Å². The van der Waals surface area contributed by atoms with E-state index in [1.165, 1.54) is 12.5 Å². The molecule has 7 nitrogen and oxygen atoms in total. The van der Waals surface area contributed by atoms with Crippen LogP contribution in [0.4, 0.5) is 5.82 Å². The minimum atomic E-state index is -0.169. The van der Waals surface area contributed by atoms with Gasteiger partial charge in [0.05, 0.1) is 18.9 Å². The summed E-state index contributed by atoms with van der Waals surface area (Å²) >= 11 is 0. The predicted octanol–water partition coefficient (Wildman–Crippen LogP) is 2.68. The van der Waals surface area contributed by atoms with Crippen LogP contribution >= 0.6 is 0 Å². The van der Waals surface area contributed by atoms with E-state index < -0.39 is 0 Å². The van der Waals surface area contributed by atoms with Crippen LogP contribution in [0.5, 0.6) is 0 Å². The zero-order valence-electron chi connectivity index (χ0n) is 15.4. The van der Waals surface area contributed by atoms with Crippen LogP contribution in [0.15, 0.2) is 42.6 Å². The molecule has 1 fully saturated rings. The van der Waals surface area contributed by atoms with Gasteiger partial charge in [0.2, 0.25) is 0 Å². The van der Waals surface area contributed by atoms with Gasteiger partial charge in [0.25, 0.3) is 0 Å². The molecule has 0 spiro atoms. The van der Waals surface area contributed by atoms with E-state index in [2.05, 4.69) is 39.0 Å². The van der Waals surface area contributed by atoms with Gasteiger partial charge in [-0.3, -0.25) is 4.79 Å². The molecule has 0 atom stereocenters. The number of carbonyl (C=O) groups excluding carboxylic acids is 1. The van der Waals surface area contributed by atoms with E-state index in [1.807, 2.05) is 30.5 Å². The number of aryl methyl sites for hydroxylation is 1. The molecule has 1 aliphatic heterocycles. The van der Waals surface area contributed by atoms with Crippen molar-refractivity contribution in [2.24, 2.45) is 0 Å². The number of Topliss-reactive ketones (excluding diaryl/α,β-unsaturated/α-hetero) is 1. The number of aromatic nitrogens is 4. The van der Waals surface area contributed by atoms with Crippen LogP contribution in [-0.2, 0) is 4.74 Å². The largest absolute Gasteiger partial charge is 0.378 e. The molecule has 0 aliphatic carbocycles. The van der Waals surface area contributed by atoms with Crippen molar-refractivity contribution in [2.45, 2.75) is 13.8 Å². The molecule has 1 aliphatic rings. The van der Waals surface area contributed by atoms with Gasteiger partial charge < -0.3 is 9.64 Å². The Bertz CT molecular complexity index is 976. The Morgan fingerprint density at radius 2 is 1.85 bits per heavy atom. The molecule has 2 aromatic heterocycles. The second-order valence-electron chi connectivity index (χ2n) is 6.58. The predicted molar refractivity (Wildman–Crippen MR) is 102 cm³/mol. The maximum atomic E-state index is 11.9. The number of morpholine rings is 1. The van der Waals surface area contributed by atoms with Crippen molar-refractivity contribution in [2.75, 3.05) is 31.2 Å². The molecule has 138 valence electrons. The number of carbonyl (C=O) groups is 1. The summed E-state index contributed by atoms with van der Waals surface area (Å²) in [6.07, 6.45) is 1.85. The summed E-state index contributed by atoms with van der Waals surface area (Å²) in [6.45, 7) is 6.30. The van der Waals surface area contributed by atoms with Crippen LogP contribution in [0.2, 0.25) is 0 Å². The average Bonchev–Trinajstić information content (AvgIpc) is 3.19. The van der Waals surface area contributed by atoms with E-state index in [0.717, 1.165) is 30.2 Å². The number of nitrogens with zero attached hydrogens (tertiary/aromatic N) is 5. The Labute approximate surface area is 157 Å². The molecular weight excluding hydrogens is 342 g/mol. The molecule has 3 aromatic rings. The summed E-state index contributed by atoms with van der Waals surface area (Å²) in [7, 11) is 0. The third-order valence-electron chi connectivity index (χ3n) is 4.49. The fraction of sp³-hybridized carbons (Fsp3) is 0.300. The van der Waals surface area contributed by atoms with Gasteiger partial charge in [0.1, 0.15) is 5.82 Å². The number of ketones is 1. The lowest BCUT2D eigenvalue weighted by Crippen LogP contribution is -2.37. The van der Waals surface area contributed by atoms with Crippen LogP contribution in [-0.4, -0.2) is 51.8 Å². The van der Waals surface area contributed by atoms with Crippen LogP contribution in [0.3, 0.4) is 0 Å². The third-order valence-corrected chi connectivity index (χ3v) is 4.49. The summed E-state index contributed by atoms with van der Waals surface area (Å²) in [5.74, 6) is 1.33. The first-order valence-corrected chi connectivity index (χ1v) is 8.96. The van der Waals surface area contributed by atoms with Gasteiger partial charge >= 0.3 is 0 Å². The highest BCUT2D eigenvalue weighted by Gasteiger charge is 2.17. The Hall–Kier alpha value is -3.06. The fourth-order valence-corrected chi connectivity index (χ4v) is 3.06. The molecule has 0 saturated carbocycles. The van der Waals surface area contributed by atoms with E-state index in [0.29, 0.717) is 19.0 Å². The molecule has 1 aromatic carbocycles. The van der Waals surface area contributed by atoms with E-state index >= 15 is 0 Å². The van der Waals surface area contributed by atoms with Crippen LogP contribution in [0, 0.1) is 6.92 Å². The monoisotopic (exact) mass is 363 g/mol. The molecular formula is C20H21N5O2. The lowest BCUT2D eigenvalue weighted by Gasteiger charge is -2.28. The SMILES string of the molecule is CC(=O)c1nc(N2CCOCC2)cc(-n2ccc(-c3cccc(C)c3)n2)n1. The molecule has 0 amide bonds. The van der Waals surface area contributed by atoms with Gasteiger partial charge in [-0.25, -0.2) is 14.6 Å². The first kappa shape index (κ1) is 17.4. The number of benzene rings is 1. The molecule has 7 heteroatoms. The van der Waals surface area contributed by atoms with Crippen molar-refractivity contribution in [1.82, 2.24) is 19.7 Å². The summed E-state index contributed by atoms with van der Waals surface area (Å²) in [5, 5.41) is 4.65. The Morgan fingerprint density at radius 1 is 1.07 bits per heavy atom. The summed E-state index contributed by atoms with van der Waals surface area (Å²) < 4.78 is 7.10. The van der Waals surface area contributed by atoms with Gasteiger partial charge in [0, 0.05) is 37.8 Å². The highest BCUT2D eigenvalue weighted by Crippen LogP contribution is 2.21. The van der Waals surface area contributed by atoms with Crippen molar-refractivity contribution in [3.8, 4) is 17.1 Å². The molecule has 0 unspecified atom stereocenters. The standard InChI is InChI=1S/C20H21N5O2/c1-14-4-3-5-16(12-14)17-6-7-25(23-17)19-13-18(21-20(22-19)15(2)26)24-8-10-27-11-9-24/h3-7,12-13H,8-11H2,1-2H3. The van der Waals surface area contributed by atoms with E-state index in [9.17, 15) is 4.79 Å². The quantitative estimate of drug-likeness (QED) is 0.664. The minimum absolute atomic E-state index is 0.169. The molecule has 3 heterocycles.